The third-order valence-corrected chi connectivity index (χ3v) is 2.38. The average molecular weight is 249 g/mol. The highest BCUT2D eigenvalue weighted by Gasteiger charge is 2.12. The average Bonchev–Trinajstić information content (AvgIpc) is 2.17. The van der Waals surface area contributed by atoms with E-state index in [9.17, 15) is 4.39 Å². The molecule has 0 spiro atoms. The van der Waals surface area contributed by atoms with Gasteiger partial charge in [-0.25, -0.2) is 4.39 Å². The normalized spacial score (nSPS) is 10.2. The van der Waals surface area contributed by atoms with Gasteiger partial charge >= 0.3 is 0 Å². The highest BCUT2D eigenvalue weighted by atomic mass is 79.9. The smallest absolute Gasteiger partial charge is 0.169 e. The molecule has 0 aliphatic heterocycles. The van der Waals surface area contributed by atoms with Crippen LogP contribution in [0.4, 0.5) is 4.39 Å². The van der Waals surface area contributed by atoms with Crippen LogP contribution in [0.1, 0.15) is 11.1 Å². The monoisotopic (exact) mass is 248 g/mol. The van der Waals surface area contributed by atoms with Gasteiger partial charge in [0.25, 0.3) is 0 Å². The van der Waals surface area contributed by atoms with E-state index in [1.807, 2.05) is 0 Å². The summed E-state index contributed by atoms with van der Waals surface area (Å²) in [6.07, 6.45) is 0. The van der Waals surface area contributed by atoms with Crippen LogP contribution < -0.4 is 4.74 Å². The van der Waals surface area contributed by atoms with E-state index in [1.165, 1.54) is 7.11 Å². The lowest BCUT2D eigenvalue weighted by Crippen LogP contribution is -1.98. The molecular weight excluding hydrogens is 239 g/mol. The SMILES string of the molecule is COc1c(CO)ccc(CBr)c1F. The molecule has 0 unspecified atom stereocenters. The summed E-state index contributed by atoms with van der Waals surface area (Å²) < 4.78 is 18.3. The molecule has 13 heavy (non-hydrogen) atoms. The Morgan fingerprint density at radius 1 is 1.46 bits per heavy atom. The minimum Gasteiger partial charge on any atom is -0.493 e. The van der Waals surface area contributed by atoms with E-state index >= 15 is 0 Å². The maximum absolute atomic E-state index is 13.5. The Bertz CT molecular complexity index is 302. The van der Waals surface area contributed by atoms with Gasteiger partial charge in [0, 0.05) is 16.5 Å². The lowest BCUT2D eigenvalue weighted by atomic mass is 10.1. The zero-order valence-corrected chi connectivity index (χ0v) is 8.77. The van der Waals surface area contributed by atoms with E-state index in [4.69, 9.17) is 9.84 Å². The topological polar surface area (TPSA) is 29.5 Å². The van der Waals surface area contributed by atoms with Crippen molar-refractivity contribution in [2.75, 3.05) is 7.11 Å². The van der Waals surface area contributed by atoms with Crippen LogP contribution in [0, 0.1) is 5.82 Å². The summed E-state index contributed by atoms with van der Waals surface area (Å²) in [6, 6.07) is 3.27. The lowest BCUT2D eigenvalue weighted by Gasteiger charge is -2.09. The van der Waals surface area contributed by atoms with E-state index in [-0.39, 0.29) is 12.4 Å². The van der Waals surface area contributed by atoms with Crippen LogP contribution in [0.2, 0.25) is 0 Å². The molecule has 1 N–H and O–H groups in total. The second kappa shape index (κ2) is 4.58. The molecule has 0 aliphatic carbocycles. The van der Waals surface area contributed by atoms with E-state index < -0.39 is 5.82 Å². The van der Waals surface area contributed by atoms with Gasteiger partial charge in [-0.1, -0.05) is 28.1 Å². The van der Waals surface area contributed by atoms with Crippen molar-refractivity contribution < 1.29 is 14.2 Å². The molecule has 0 bridgehead atoms. The zero-order chi connectivity index (χ0) is 9.84. The fraction of sp³-hybridized carbons (Fsp3) is 0.333. The molecule has 0 amide bonds. The number of hydrogen-bond donors (Lipinski definition) is 1. The first-order valence-electron chi connectivity index (χ1n) is 3.75. The van der Waals surface area contributed by atoms with Crippen LogP contribution in [-0.2, 0) is 11.9 Å². The van der Waals surface area contributed by atoms with Crippen molar-refractivity contribution in [2.24, 2.45) is 0 Å². The summed E-state index contributed by atoms with van der Waals surface area (Å²) in [5.41, 5.74) is 0.985. The molecule has 0 atom stereocenters. The molecule has 1 rings (SSSR count). The minimum absolute atomic E-state index is 0.124. The third-order valence-electron chi connectivity index (χ3n) is 1.78. The highest BCUT2D eigenvalue weighted by Crippen LogP contribution is 2.26. The van der Waals surface area contributed by atoms with Gasteiger partial charge in [0.2, 0.25) is 0 Å². The molecular formula is C9H10BrFO2. The number of alkyl halides is 1. The Balaban J connectivity index is 3.23. The van der Waals surface area contributed by atoms with Crippen LogP contribution >= 0.6 is 15.9 Å². The second-order valence-electron chi connectivity index (χ2n) is 2.52. The number of rotatable bonds is 3. The predicted octanol–water partition coefficient (Wildman–Crippen LogP) is 2.22. The van der Waals surface area contributed by atoms with E-state index in [2.05, 4.69) is 15.9 Å². The number of aliphatic hydroxyl groups is 1. The van der Waals surface area contributed by atoms with Crippen LogP contribution in [0.5, 0.6) is 5.75 Å². The maximum Gasteiger partial charge on any atom is 0.169 e. The Kier molecular flexibility index (Phi) is 3.69. The summed E-state index contributed by atoms with van der Waals surface area (Å²) in [5.74, 6) is -0.287. The van der Waals surface area contributed by atoms with Crippen molar-refractivity contribution >= 4 is 15.9 Å². The van der Waals surface area contributed by atoms with Crippen molar-refractivity contribution in [2.45, 2.75) is 11.9 Å². The van der Waals surface area contributed by atoms with Crippen LogP contribution in [0.3, 0.4) is 0 Å². The van der Waals surface area contributed by atoms with Gasteiger partial charge in [-0.2, -0.15) is 0 Å². The molecule has 0 aromatic heterocycles. The number of halogens is 2. The van der Waals surface area contributed by atoms with Gasteiger partial charge in [0.05, 0.1) is 13.7 Å². The maximum atomic E-state index is 13.5. The fourth-order valence-electron chi connectivity index (χ4n) is 1.09. The number of hydrogen-bond acceptors (Lipinski definition) is 2. The molecule has 2 nitrogen and oxygen atoms in total. The Hall–Kier alpha value is -0.610. The highest BCUT2D eigenvalue weighted by molar-refractivity contribution is 9.08. The molecule has 0 saturated carbocycles. The van der Waals surface area contributed by atoms with Crippen molar-refractivity contribution in [3.05, 3.63) is 29.1 Å². The molecule has 1 aromatic carbocycles. The number of methoxy groups -OCH3 is 1. The molecule has 0 saturated heterocycles. The predicted molar refractivity (Wildman–Crippen MR) is 51.5 cm³/mol. The van der Waals surface area contributed by atoms with Gasteiger partial charge in [-0.3, -0.25) is 0 Å². The largest absolute Gasteiger partial charge is 0.493 e. The van der Waals surface area contributed by atoms with Crippen molar-refractivity contribution in [1.82, 2.24) is 0 Å². The van der Waals surface area contributed by atoms with Gasteiger partial charge < -0.3 is 9.84 Å². The van der Waals surface area contributed by atoms with Crippen molar-refractivity contribution in [1.29, 1.82) is 0 Å². The fourth-order valence-corrected chi connectivity index (χ4v) is 1.52. The van der Waals surface area contributed by atoms with E-state index in [1.54, 1.807) is 12.1 Å². The zero-order valence-electron chi connectivity index (χ0n) is 7.18. The van der Waals surface area contributed by atoms with E-state index in [0.717, 1.165) is 0 Å². The van der Waals surface area contributed by atoms with Gasteiger partial charge in [-0.15, -0.1) is 0 Å². The summed E-state index contributed by atoms with van der Waals surface area (Å²) >= 11 is 3.16. The van der Waals surface area contributed by atoms with Gasteiger partial charge in [0.1, 0.15) is 0 Å². The Morgan fingerprint density at radius 3 is 2.54 bits per heavy atom. The van der Waals surface area contributed by atoms with Crippen LogP contribution in [0.25, 0.3) is 0 Å². The molecule has 0 radical (unpaired) electrons. The standard InChI is InChI=1S/C9H10BrFO2/c1-13-9-7(5-12)3-2-6(4-10)8(9)11/h2-3,12H,4-5H2,1H3. The lowest BCUT2D eigenvalue weighted by molar-refractivity contribution is 0.270. The van der Waals surface area contributed by atoms with Crippen LogP contribution in [-0.4, -0.2) is 12.2 Å². The van der Waals surface area contributed by atoms with E-state index in [0.29, 0.717) is 16.5 Å². The first-order valence-corrected chi connectivity index (χ1v) is 4.87. The number of aliphatic hydroxyl groups excluding tert-OH is 1. The minimum atomic E-state index is -0.411. The molecule has 0 aliphatic rings. The molecule has 1 aromatic rings. The summed E-state index contributed by atoms with van der Waals surface area (Å²) in [5, 5.41) is 9.31. The Labute approximate surface area is 84.5 Å². The van der Waals surface area contributed by atoms with Gasteiger partial charge in [0.15, 0.2) is 11.6 Å². The summed E-state index contributed by atoms with van der Waals surface area (Å²) in [7, 11) is 1.38. The first-order chi connectivity index (χ1) is 6.24. The van der Waals surface area contributed by atoms with Crippen molar-refractivity contribution in [3.8, 4) is 5.75 Å². The second-order valence-corrected chi connectivity index (χ2v) is 3.08. The van der Waals surface area contributed by atoms with Crippen molar-refractivity contribution in [3.63, 3.8) is 0 Å². The molecule has 4 heteroatoms. The number of ether oxygens (including phenoxy) is 1. The third kappa shape index (κ3) is 2.00. The quantitative estimate of drug-likeness (QED) is 0.832. The summed E-state index contributed by atoms with van der Waals surface area (Å²) in [4.78, 5) is 0. The Morgan fingerprint density at radius 2 is 2.08 bits per heavy atom. The summed E-state index contributed by atoms with van der Waals surface area (Å²) in [6.45, 7) is -0.220. The van der Waals surface area contributed by atoms with Gasteiger partial charge in [-0.05, 0) is 0 Å². The first kappa shape index (κ1) is 10.5. The molecule has 0 heterocycles. The van der Waals surface area contributed by atoms with Crippen LogP contribution in [0.15, 0.2) is 12.1 Å². The number of benzene rings is 1. The molecule has 0 fully saturated rings. The molecule has 72 valence electrons.